The number of rotatable bonds is 4. The molecular formula is C25H25N3O4. The van der Waals surface area contributed by atoms with Gasteiger partial charge in [-0.1, -0.05) is 48.5 Å². The second-order valence-electron chi connectivity index (χ2n) is 9.17. The van der Waals surface area contributed by atoms with Crippen LogP contribution in [-0.2, 0) is 31.1 Å². The van der Waals surface area contributed by atoms with E-state index in [9.17, 15) is 14.4 Å². The van der Waals surface area contributed by atoms with Crippen molar-refractivity contribution in [3.8, 4) is 0 Å². The van der Waals surface area contributed by atoms with Crippen molar-refractivity contribution in [3.63, 3.8) is 0 Å². The Morgan fingerprint density at radius 2 is 1.78 bits per heavy atom. The summed E-state index contributed by atoms with van der Waals surface area (Å²) in [5.41, 5.74) is 1.27. The molecule has 6 rings (SSSR count). The van der Waals surface area contributed by atoms with Gasteiger partial charge in [0, 0.05) is 23.9 Å². The van der Waals surface area contributed by atoms with E-state index in [2.05, 4.69) is 10.6 Å². The third-order valence-corrected chi connectivity index (χ3v) is 7.42. The summed E-state index contributed by atoms with van der Waals surface area (Å²) in [6, 6.07) is 17.0. The molecule has 164 valence electrons. The lowest BCUT2D eigenvalue weighted by atomic mass is 9.76. The number of nitrogens with one attached hydrogen (secondary N) is 2. The van der Waals surface area contributed by atoms with Gasteiger partial charge in [0.2, 0.25) is 17.7 Å². The van der Waals surface area contributed by atoms with Crippen molar-refractivity contribution in [2.24, 2.45) is 11.8 Å². The van der Waals surface area contributed by atoms with Crippen LogP contribution in [0, 0.1) is 11.8 Å². The number of hydrogen-bond donors (Lipinski definition) is 2. The fourth-order valence-corrected chi connectivity index (χ4v) is 6.03. The monoisotopic (exact) mass is 431 g/mol. The predicted molar refractivity (Wildman–Crippen MR) is 116 cm³/mol. The van der Waals surface area contributed by atoms with E-state index in [1.54, 1.807) is 0 Å². The molecular weight excluding hydrogens is 406 g/mol. The van der Waals surface area contributed by atoms with E-state index < -0.39 is 17.4 Å². The van der Waals surface area contributed by atoms with Crippen LogP contribution in [0.2, 0.25) is 0 Å². The smallest absolute Gasteiger partial charge is 0.250 e. The Kier molecular flexibility index (Phi) is 4.45. The Morgan fingerprint density at radius 1 is 1.00 bits per heavy atom. The second-order valence-corrected chi connectivity index (χ2v) is 9.17. The number of benzene rings is 2. The molecule has 0 unspecified atom stereocenters. The summed E-state index contributed by atoms with van der Waals surface area (Å²) in [5.74, 6) is -2.09. The maximum atomic E-state index is 13.7. The molecule has 1 spiro atoms. The van der Waals surface area contributed by atoms with Crippen LogP contribution >= 0.6 is 0 Å². The highest BCUT2D eigenvalue weighted by Crippen LogP contribution is 2.53. The topological polar surface area (TPSA) is 87.7 Å². The van der Waals surface area contributed by atoms with E-state index in [4.69, 9.17) is 4.74 Å². The van der Waals surface area contributed by atoms with Crippen LogP contribution < -0.4 is 10.6 Å². The second kappa shape index (κ2) is 7.25. The molecule has 4 aliphatic rings. The number of likely N-dealkylation sites (tertiary alicyclic amines) is 1. The molecule has 2 aromatic carbocycles. The molecule has 0 aromatic heterocycles. The number of imide groups is 1. The molecule has 7 nitrogen and oxygen atoms in total. The largest absolute Gasteiger partial charge is 0.376 e. The van der Waals surface area contributed by atoms with Crippen molar-refractivity contribution in [1.82, 2.24) is 10.2 Å². The third kappa shape index (κ3) is 2.71. The summed E-state index contributed by atoms with van der Waals surface area (Å²) in [6.45, 7) is 0.924. The molecule has 5 atom stereocenters. The maximum absolute atomic E-state index is 13.7. The quantitative estimate of drug-likeness (QED) is 0.722. The highest BCUT2D eigenvalue weighted by atomic mass is 16.5. The number of fused-ring (bicyclic) bond motifs is 4. The van der Waals surface area contributed by atoms with Crippen molar-refractivity contribution in [2.75, 3.05) is 18.5 Å². The first kappa shape index (κ1) is 19.6. The number of anilines is 1. The molecule has 0 radical (unpaired) electrons. The van der Waals surface area contributed by atoms with E-state index in [0.29, 0.717) is 18.7 Å². The molecule has 3 saturated heterocycles. The van der Waals surface area contributed by atoms with Crippen molar-refractivity contribution < 1.29 is 19.1 Å². The minimum atomic E-state index is -1.24. The first-order valence-corrected chi connectivity index (χ1v) is 11.3. The van der Waals surface area contributed by atoms with Gasteiger partial charge in [0.1, 0.15) is 5.54 Å². The lowest BCUT2D eigenvalue weighted by Crippen LogP contribution is -2.54. The highest BCUT2D eigenvalue weighted by Gasteiger charge is 2.70. The van der Waals surface area contributed by atoms with Gasteiger partial charge in [0.05, 0.1) is 24.5 Å². The third-order valence-electron chi connectivity index (χ3n) is 7.42. The van der Waals surface area contributed by atoms with E-state index in [1.807, 2.05) is 54.6 Å². The maximum Gasteiger partial charge on any atom is 0.250 e. The Labute approximate surface area is 186 Å². The van der Waals surface area contributed by atoms with Gasteiger partial charge in [-0.05, 0) is 30.9 Å². The molecule has 0 aliphatic carbocycles. The molecule has 3 amide bonds. The summed E-state index contributed by atoms with van der Waals surface area (Å²) < 4.78 is 5.71. The molecule has 7 heteroatoms. The molecule has 4 heterocycles. The Morgan fingerprint density at radius 3 is 2.56 bits per heavy atom. The summed E-state index contributed by atoms with van der Waals surface area (Å²) in [7, 11) is 0. The highest BCUT2D eigenvalue weighted by molar-refractivity contribution is 6.15. The van der Waals surface area contributed by atoms with Crippen molar-refractivity contribution >= 4 is 23.4 Å². The van der Waals surface area contributed by atoms with Gasteiger partial charge >= 0.3 is 0 Å². The molecule has 3 fully saturated rings. The number of ether oxygens (including phenoxy) is 1. The Balaban J connectivity index is 1.43. The number of carbonyl (C=O) groups is 3. The van der Waals surface area contributed by atoms with Gasteiger partial charge in [-0.25, -0.2) is 0 Å². The van der Waals surface area contributed by atoms with E-state index in [-0.39, 0.29) is 36.4 Å². The zero-order chi connectivity index (χ0) is 21.9. The van der Waals surface area contributed by atoms with E-state index >= 15 is 0 Å². The number of amides is 3. The molecule has 2 N–H and O–H groups in total. The van der Waals surface area contributed by atoms with Gasteiger partial charge < -0.3 is 10.1 Å². The van der Waals surface area contributed by atoms with Gasteiger partial charge in [-0.3, -0.25) is 24.6 Å². The fraction of sp³-hybridized carbons (Fsp3) is 0.400. The molecule has 0 saturated carbocycles. The number of carbonyl (C=O) groups excluding carboxylic acids is 3. The summed E-state index contributed by atoms with van der Waals surface area (Å²) in [4.78, 5) is 42.1. The molecule has 4 aliphatic heterocycles. The van der Waals surface area contributed by atoms with E-state index in [1.165, 1.54) is 4.90 Å². The van der Waals surface area contributed by atoms with Gasteiger partial charge in [-0.2, -0.15) is 0 Å². The number of hydrogen-bond acceptors (Lipinski definition) is 5. The van der Waals surface area contributed by atoms with E-state index in [0.717, 1.165) is 24.0 Å². The lowest BCUT2D eigenvalue weighted by Gasteiger charge is -2.30. The summed E-state index contributed by atoms with van der Waals surface area (Å²) in [5, 5.41) is 6.43. The zero-order valence-electron chi connectivity index (χ0n) is 17.6. The first-order valence-electron chi connectivity index (χ1n) is 11.3. The fourth-order valence-electron chi connectivity index (χ4n) is 6.03. The van der Waals surface area contributed by atoms with Crippen LogP contribution in [0.4, 0.5) is 5.69 Å². The molecule has 32 heavy (non-hydrogen) atoms. The Bertz CT molecular complexity index is 1100. The van der Waals surface area contributed by atoms with Crippen LogP contribution in [0.1, 0.15) is 24.0 Å². The van der Waals surface area contributed by atoms with Crippen molar-refractivity contribution in [3.05, 3.63) is 65.7 Å². The van der Waals surface area contributed by atoms with Gasteiger partial charge in [0.15, 0.2) is 0 Å². The van der Waals surface area contributed by atoms with Crippen LogP contribution in [-0.4, -0.2) is 47.9 Å². The van der Waals surface area contributed by atoms with Crippen LogP contribution in [0.15, 0.2) is 54.6 Å². The van der Waals surface area contributed by atoms with Crippen LogP contribution in [0.3, 0.4) is 0 Å². The average molecular weight is 431 g/mol. The Hall–Kier alpha value is -3.03. The van der Waals surface area contributed by atoms with Crippen LogP contribution in [0.5, 0.6) is 0 Å². The predicted octanol–water partition coefficient (Wildman–Crippen LogP) is 1.83. The van der Waals surface area contributed by atoms with Gasteiger partial charge in [0.25, 0.3) is 0 Å². The molecule has 0 bridgehead atoms. The van der Waals surface area contributed by atoms with Crippen LogP contribution in [0.25, 0.3) is 0 Å². The first-order chi connectivity index (χ1) is 15.6. The normalized spacial score (nSPS) is 33.1. The van der Waals surface area contributed by atoms with Gasteiger partial charge in [-0.15, -0.1) is 0 Å². The summed E-state index contributed by atoms with van der Waals surface area (Å²) >= 11 is 0. The van der Waals surface area contributed by atoms with Crippen molar-refractivity contribution in [2.45, 2.75) is 36.9 Å². The lowest BCUT2D eigenvalue weighted by molar-refractivity contribution is -0.144. The molecule has 2 aromatic rings. The van der Waals surface area contributed by atoms with Crippen molar-refractivity contribution in [1.29, 1.82) is 0 Å². The average Bonchev–Trinajstić information content (AvgIpc) is 3.54. The number of nitrogens with zero attached hydrogens (tertiary/aromatic N) is 1. The SMILES string of the molecule is O=C1[C@@H]2[C@@H](C(=O)N1C[C@@H]1CCCO1)[C@]1(N[C@@H]2Cc2ccccc2)C(=O)Nc2ccccc21. The summed E-state index contributed by atoms with van der Waals surface area (Å²) in [6.07, 6.45) is 2.22. The minimum Gasteiger partial charge on any atom is -0.376 e. The standard InChI is InChI=1S/C25H25N3O4/c29-22-20-19(13-15-7-2-1-3-8-15)27-25(17-10-4-5-11-18(17)26-24(25)31)21(20)23(30)28(22)14-16-9-6-12-32-16/h1-5,7-8,10-11,16,19-21,27H,6,9,12-14H2,(H,26,31)/t16-,19+,20-,21-,25-/m0/s1. The minimum absolute atomic E-state index is 0.122. The zero-order valence-corrected chi connectivity index (χ0v) is 17.6. The number of para-hydroxylation sites is 1.